The van der Waals surface area contributed by atoms with E-state index >= 15 is 0 Å². The van der Waals surface area contributed by atoms with Crippen molar-refractivity contribution in [1.29, 1.82) is 0 Å². The molecule has 7 nitrogen and oxygen atoms in total. The predicted octanol–water partition coefficient (Wildman–Crippen LogP) is 5.42. The van der Waals surface area contributed by atoms with Gasteiger partial charge in [-0.3, -0.25) is 9.36 Å². The first-order valence-electron chi connectivity index (χ1n) is 12.3. The van der Waals surface area contributed by atoms with Gasteiger partial charge in [0.1, 0.15) is 15.4 Å². The number of thiazole rings is 1. The number of allylic oxidation sites excluding steroid dienone is 1. The number of carbonyl (C=O) groups excluding carboxylic acids is 1. The number of nitrogens with zero attached hydrogens (tertiary/aromatic N) is 1. The van der Waals surface area contributed by atoms with Gasteiger partial charge in [0, 0.05) is 20.1 Å². The Kier molecular flexibility index (Phi) is 8.63. The van der Waals surface area contributed by atoms with Crippen LogP contribution in [0.4, 0.5) is 0 Å². The Hall–Kier alpha value is -3.05. The number of rotatable bonds is 6. The van der Waals surface area contributed by atoms with Crippen LogP contribution in [0.2, 0.25) is 20.1 Å². The fourth-order valence-electron chi connectivity index (χ4n) is 4.62. The molecule has 0 radical (unpaired) electrons. The number of hydrogen-bond acceptors (Lipinski definition) is 7. The van der Waals surface area contributed by atoms with Crippen LogP contribution in [0.15, 0.2) is 81.3 Å². The highest BCUT2D eigenvalue weighted by Crippen LogP contribution is 2.44. The fourth-order valence-corrected chi connectivity index (χ4v) is 8.45. The molecule has 5 rings (SSSR count). The molecule has 0 fully saturated rings. The standard InChI is InChI=1S/C29H20Cl4N2O5S2/c1-2-40-29(37)24-23(19-11-10-17(31)14-21(19)33)25(42(38,39)18-6-4-3-5-7-18)26(34)35-27(36)22(41-28(24)35)12-15-8-9-16(30)13-20(15)32/h3-14,23H,2,34H2,1H3. The minimum absolute atomic E-state index is 0.0155. The topological polar surface area (TPSA) is 108 Å². The molecule has 0 bridgehead atoms. The molecule has 0 aliphatic carbocycles. The van der Waals surface area contributed by atoms with Gasteiger partial charge in [-0.05, 0) is 60.5 Å². The third kappa shape index (κ3) is 5.41. The van der Waals surface area contributed by atoms with Crippen LogP contribution in [-0.2, 0) is 19.4 Å². The van der Waals surface area contributed by atoms with E-state index in [9.17, 15) is 18.0 Å². The van der Waals surface area contributed by atoms with E-state index < -0.39 is 32.2 Å². The summed E-state index contributed by atoms with van der Waals surface area (Å²) in [5, 5.41) is 1.08. The first kappa shape index (κ1) is 30.4. The van der Waals surface area contributed by atoms with Gasteiger partial charge in [0.2, 0.25) is 9.84 Å². The fraction of sp³-hybridized carbons (Fsp3) is 0.103. The largest absolute Gasteiger partial charge is 0.463 e. The van der Waals surface area contributed by atoms with Gasteiger partial charge in [-0.15, -0.1) is 11.3 Å². The summed E-state index contributed by atoms with van der Waals surface area (Å²) in [6.07, 6.45) is 1.52. The summed E-state index contributed by atoms with van der Waals surface area (Å²) in [7, 11) is -4.40. The molecule has 42 heavy (non-hydrogen) atoms. The third-order valence-electron chi connectivity index (χ3n) is 6.46. The lowest BCUT2D eigenvalue weighted by Crippen LogP contribution is -2.41. The van der Waals surface area contributed by atoms with Crippen molar-refractivity contribution in [2.24, 2.45) is 5.73 Å². The molecular weight excluding hydrogens is 662 g/mol. The Morgan fingerprint density at radius 2 is 1.64 bits per heavy atom. The predicted molar refractivity (Wildman–Crippen MR) is 168 cm³/mol. The van der Waals surface area contributed by atoms with Gasteiger partial charge in [0.05, 0.1) is 27.5 Å². The summed E-state index contributed by atoms with van der Waals surface area (Å²) < 4.78 is 35.2. The number of benzene rings is 3. The first-order chi connectivity index (χ1) is 19.9. The normalized spacial score (nSPS) is 15.6. The zero-order valence-corrected chi connectivity index (χ0v) is 26.3. The van der Waals surface area contributed by atoms with Crippen molar-refractivity contribution in [2.75, 3.05) is 6.61 Å². The van der Waals surface area contributed by atoms with Crippen LogP contribution in [-0.4, -0.2) is 25.6 Å². The molecule has 2 heterocycles. The first-order valence-corrected chi connectivity index (χ1v) is 16.1. The number of esters is 1. The van der Waals surface area contributed by atoms with Crippen LogP contribution >= 0.6 is 57.7 Å². The molecule has 0 amide bonds. The van der Waals surface area contributed by atoms with Crippen LogP contribution < -0.4 is 20.5 Å². The molecule has 2 N–H and O–H groups in total. The molecule has 13 heteroatoms. The van der Waals surface area contributed by atoms with Gasteiger partial charge < -0.3 is 10.5 Å². The molecule has 0 spiro atoms. The second-order valence-electron chi connectivity index (χ2n) is 9.02. The van der Waals surface area contributed by atoms with Gasteiger partial charge in [-0.25, -0.2) is 13.2 Å². The Morgan fingerprint density at radius 1 is 1.00 bits per heavy atom. The lowest BCUT2D eigenvalue weighted by Gasteiger charge is -2.28. The lowest BCUT2D eigenvalue weighted by atomic mass is 9.89. The molecule has 1 aromatic heterocycles. The number of fused-ring (bicyclic) bond motifs is 1. The minimum atomic E-state index is -4.40. The zero-order valence-electron chi connectivity index (χ0n) is 21.6. The van der Waals surface area contributed by atoms with Gasteiger partial charge >= 0.3 is 5.97 Å². The van der Waals surface area contributed by atoms with Gasteiger partial charge in [-0.1, -0.05) is 76.7 Å². The summed E-state index contributed by atoms with van der Waals surface area (Å²) >= 11 is 26.1. The quantitative estimate of drug-likeness (QED) is 0.272. The van der Waals surface area contributed by atoms with Crippen molar-refractivity contribution in [1.82, 2.24) is 4.57 Å². The van der Waals surface area contributed by atoms with Crippen molar-refractivity contribution in [3.63, 3.8) is 0 Å². The Labute approximate surface area is 264 Å². The average Bonchev–Trinajstić information content (AvgIpc) is 3.26. The molecule has 1 aliphatic heterocycles. The van der Waals surface area contributed by atoms with E-state index in [0.717, 1.165) is 15.9 Å². The third-order valence-corrected chi connectivity index (χ3v) is 10.6. The SMILES string of the molecule is CCOC(=O)C1=c2sc(=Cc3ccc(Cl)cc3Cl)c(=O)n2C(N)=C(S(=O)(=O)c2ccccc2)C1c1ccc(Cl)cc1Cl. The van der Waals surface area contributed by atoms with E-state index in [-0.39, 0.29) is 47.7 Å². The van der Waals surface area contributed by atoms with Crippen molar-refractivity contribution < 1.29 is 17.9 Å². The maximum absolute atomic E-state index is 14.3. The number of nitrogens with two attached hydrogens (primary N) is 1. The molecule has 1 aliphatic rings. The summed E-state index contributed by atoms with van der Waals surface area (Å²) in [4.78, 5) is 27.0. The van der Waals surface area contributed by atoms with Gasteiger partial charge in [-0.2, -0.15) is 0 Å². The number of hydrogen-bond donors (Lipinski definition) is 1. The Morgan fingerprint density at radius 3 is 2.26 bits per heavy atom. The van der Waals surface area contributed by atoms with Crippen molar-refractivity contribution >= 4 is 91.0 Å². The van der Waals surface area contributed by atoms with Gasteiger partial charge in [0.15, 0.2) is 0 Å². The highest BCUT2D eigenvalue weighted by molar-refractivity contribution is 7.95. The highest BCUT2D eigenvalue weighted by atomic mass is 35.5. The lowest BCUT2D eigenvalue weighted by molar-refractivity contribution is -0.136. The van der Waals surface area contributed by atoms with Crippen LogP contribution in [0.5, 0.6) is 0 Å². The monoisotopic (exact) mass is 680 g/mol. The Balaban J connectivity index is 1.95. The van der Waals surface area contributed by atoms with E-state index in [4.69, 9.17) is 56.9 Å². The number of aromatic nitrogens is 1. The van der Waals surface area contributed by atoms with E-state index in [1.807, 2.05) is 0 Å². The second kappa shape index (κ2) is 11.9. The summed E-state index contributed by atoms with van der Waals surface area (Å²) in [6, 6.07) is 16.8. The number of halogens is 4. The molecule has 216 valence electrons. The molecule has 0 saturated heterocycles. The highest BCUT2D eigenvalue weighted by Gasteiger charge is 2.43. The van der Waals surface area contributed by atoms with E-state index in [1.165, 1.54) is 42.5 Å². The zero-order chi connectivity index (χ0) is 30.3. The molecular formula is C29H20Cl4N2O5S2. The molecule has 4 aromatic rings. The second-order valence-corrected chi connectivity index (χ2v) is 13.7. The van der Waals surface area contributed by atoms with Crippen LogP contribution in [0.1, 0.15) is 24.0 Å². The molecule has 1 unspecified atom stereocenters. The molecule has 1 atom stereocenters. The summed E-state index contributed by atoms with van der Waals surface area (Å²) in [5.41, 5.74) is 6.54. The van der Waals surface area contributed by atoms with Crippen molar-refractivity contribution in [2.45, 2.75) is 17.7 Å². The summed E-state index contributed by atoms with van der Waals surface area (Å²) in [6.45, 7) is 1.60. The van der Waals surface area contributed by atoms with Crippen LogP contribution in [0.3, 0.4) is 0 Å². The maximum Gasteiger partial charge on any atom is 0.338 e. The molecule has 0 saturated carbocycles. The van der Waals surface area contributed by atoms with Gasteiger partial charge in [0.25, 0.3) is 5.56 Å². The number of sulfone groups is 1. The summed E-state index contributed by atoms with van der Waals surface area (Å²) in [5.74, 6) is -2.54. The van der Waals surface area contributed by atoms with E-state index in [0.29, 0.717) is 15.6 Å². The maximum atomic E-state index is 14.3. The van der Waals surface area contributed by atoms with Crippen LogP contribution in [0, 0.1) is 0 Å². The van der Waals surface area contributed by atoms with Crippen LogP contribution in [0.25, 0.3) is 17.5 Å². The van der Waals surface area contributed by atoms with E-state index in [1.54, 1.807) is 37.3 Å². The van der Waals surface area contributed by atoms with Crippen molar-refractivity contribution in [3.05, 3.63) is 122 Å². The van der Waals surface area contributed by atoms with Crippen molar-refractivity contribution in [3.8, 4) is 0 Å². The molecule has 3 aromatic carbocycles. The Bertz CT molecular complexity index is 2070. The smallest absolute Gasteiger partial charge is 0.338 e. The number of carbonyl (C=O) groups is 1. The minimum Gasteiger partial charge on any atom is -0.463 e. The average molecular weight is 682 g/mol. The number of ether oxygens (including phenoxy) is 1. The van der Waals surface area contributed by atoms with E-state index in [2.05, 4.69) is 0 Å².